The molecule has 2 heterocycles. The van der Waals surface area contributed by atoms with Crippen LogP contribution in [0.25, 0.3) is 0 Å². The van der Waals surface area contributed by atoms with Crippen molar-refractivity contribution in [2.24, 2.45) is 10.8 Å². The van der Waals surface area contributed by atoms with Gasteiger partial charge in [-0.1, -0.05) is 34.6 Å². The van der Waals surface area contributed by atoms with Gasteiger partial charge in [0.2, 0.25) is 20.0 Å². The van der Waals surface area contributed by atoms with Crippen molar-refractivity contribution in [3.8, 4) is 0 Å². The van der Waals surface area contributed by atoms with Crippen LogP contribution in [0.15, 0.2) is 0 Å². The fourth-order valence-electron chi connectivity index (χ4n) is 5.47. The summed E-state index contributed by atoms with van der Waals surface area (Å²) in [5, 5.41) is -0.812. The van der Waals surface area contributed by atoms with Crippen molar-refractivity contribution < 1.29 is 16.8 Å². The highest BCUT2D eigenvalue weighted by atomic mass is 32.2. The van der Waals surface area contributed by atoms with Gasteiger partial charge in [0.05, 0.1) is 10.5 Å². The third-order valence-corrected chi connectivity index (χ3v) is 13.3. The predicted molar refractivity (Wildman–Crippen MR) is 129 cm³/mol. The van der Waals surface area contributed by atoms with Gasteiger partial charge in [0.15, 0.2) is 0 Å². The van der Waals surface area contributed by atoms with Crippen molar-refractivity contribution >= 4 is 20.0 Å². The van der Waals surface area contributed by atoms with E-state index in [0.29, 0.717) is 38.8 Å². The molecule has 2 aliphatic rings. The second-order valence-corrected chi connectivity index (χ2v) is 17.1. The van der Waals surface area contributed by atoms with E-state index in [2.05, 4.69) is 0 Å². The van der Waals surface area contributed by atoms with Crippen LogP contribution in [0.1, 0.15) is 101 Å². The molecule has 6 nitrogen and oxygen atoms in total. The van der Waals surface area contributed by atoms with E-state index >= 15 is 0 Å². The Morgan fingerprint density at radius 1 is 0.677 bits per heavy atom. The van der Waals surface area contributed by atoms with Crippen molar-refractivity contribution in [2.75, 3.05) is 13.1 Å². The molecular weight excluding hydrogens is 432 g/mol. The van der Waals surface area contributed by atoms with Crippen molar-refractivity contribution in [3.63, 3.8) is 0 Å². The Morgan fingerprint density at radius 2 is 1.19 bits per heavy atom. The second-order valence-electron chi connectivity index (χ2n) is 13.0. The summed E-state index contributed by atoms with van der Waals surface area (Å²) in [7, 11) is -6.80. The summed E-state index contributed by atoms with van der Waals surface area (Å²) in [5.74, 6) is 0. The summed E-state index contributed by atoms with van der Waals surface area (Å²) >= 11 is 0. The highest BCUT2D eigenvalue weighted by Gasteiger charge is 2.52. The molecule has 8 heteroatoms. The summed E-state index contributed by atoms with van der Waals surface area (Å²) in [4.78, 5) is 0. The Bertz CT molecular complexity index is 862. The first-order valence-electron chi connectivity index (χ1n) is 11.7. The van der Waals surface area contributed by atoms with E-state index in [9.17, 15) is 16.8 Å². The van der Waals surface area contributed by atoms with Gasteiger partial charge in [-0.15, -0.1) is 0 Å². The molecule has 0 N–H and O–H groups in total. The number of hydrogen-bond acceptors (Lipinski definition) is 4. The normalized spacial score (nSPS) is 28.7. The minimum atomic E-state index is -3.42. The van der Waals surface area contributed by atoms with Gasteiger partial charge >= 0.3 is 0 Å². The molecule has 0 bridgehead atoms. The third-order valence-electron chi connectivity index (χ3n) is 7.40. The Balaban J connectivity index is 2.21. The molecule has 0 amide bonds. The molecule has 0 aliphatic carbocycles. The Hall–Kier alpha value is -0.180. The highest BCUT2D eigenvalue weighted by molar-refractivity contribution is 7.90. The summed E-state index contributed by atoms with van der Waals surface area (Å²) in [6.07, 6.45) is 3.47. The maximum atomic E-state index is 13.5. The third kappa shape index (κ3) is 5.33. The van der Waals surface area contributed by atoms with Gasteiger partial charge < -0.3 is 0 Å². The number of sulfonamides is 2. The SMILES string of the molecule is CC(C)(C)C1CCN(C(C)(C)CCC(C)(C)C2CCCN(C(C)(C)C)S2(=O)=O)S1(=O)=O. The molecular formula is C23H46N2O4S2. The molecule has 0 aromatic carbocycles. The minimum Gasteiger partial charge on any atom is -0.212 e. The van der Waals surface area contributed by atoms with Crippen LogP contribution in [0.5, 0.6) is 0 Å². The van der Waals surface area contributed by atoms with Gasteiger partial charge in [-0.25, -0.2) is 16.8 Å². The summed E-state index contributed by atoms with van der Waals surface area (Å²) in [6, 6.07) is 0. The van der Waals surface area contributed by atoms with E-state index in [0.717, 1.165) is 6.42 Å². The van der Waals surface area contributed by atoms with Gasteiger partial charge in [0.1, 0.15) is 0 Å². The van der Waals surface area contributed by atoms with Gasteiger partial charge in [0.25, 0.3) is 0 Å². The zero-order valence-corrected chi connectivity index (χ0v) is 23.1. The summed E-state index contributed by atoms with van der Waals surface area (Å²) in [6.45, 7) is 21.0. The largest absolute Gasteiger partial charge is 0.218 e. The first kappa shape index (κ1) is 27.1. The molecule has 0 saturated carbocycles. The van der Waals surface area contributed by atoms with E-state index in [4.69, 9.17) is 0 Å². The molecule has 2 saturated heterocycles. The van der Waals surface area contributed by atoms with E-state index in [1.165, 1.54) is 0 Å². The smallest absolute Gasteiger partial charge is 0.212 e. The van der Waals surface area contributed by atoms with Gasteiger partial charge in [0, 0.05) is 24.2 Å². The zero-order valence-electron chi connectivity index (χ0n) is 21.4. The maximum Gasteiger partial charge on any atom is 0.218 e. The van der Waals surface area contributed by atoms with Crippen LogP contribution >= 0.6 is 0 Å². The van der Waals surface area contributed by atoms with Crippen molar-refractivity contribution in [3.05, 3.63) is 0 Å². The van der Waals surface area contributed by atoms with Crippen LogP contribution in [0, 0.1) is 10.8 Å². The molecule has 2 fully saturated rings. The average molecular weight is 479 g/mol. The molecule has 184 valence electrons. The summed E-state index contributed by atoms with van der Waals surface area (Å²) in [5.41, 5.74) is -1.71. The lowest BCUT2D eigenvalue weighted by Gasteiger charge is -2.46. The summed E-state index contributed by atoms with van der Waals surface area (Å²) < 4.78 is 56.9. The van der Waals surface area contributed by atoms with Gasteiger partial charge in [-0.2, -0.15) is 8.61 Å². The van der Waals surface area contributed by atoms with E-state index in [1.807, 2.05) is 69.2 Å². The first-order chi connectivity index (χ1) is 13.6. The van der Waals surface area contributed by atoms with Crippen LogP contribution in [0.2, 0.25) is 0 Å². The molecule has 0 aromatic rings. The maximum absolute atomic E-state index is 13.5. The lowest BCUT2D eigenvalue weighted by molar-refractivity contribution is 0.164. The molecule has 0 spiro atoms. The quantitative estimate of drug-likeness (QED) is 0.578. The Kier molecular flexibility index (Phi) is 7.20. The van der Waals surface area contributed by atoms with Crippen LogP contribution in [-0.2, 0) is 20.0 Å². The minimum absolute atomic E-state index is 0.296. The molecule has 2 unspecified atom stereocenters. The predicted octanol–water partition coefficient (Wildman–Crippen LogP) is 4.61. The molecule has 0 aromatic heterocycles. The standard InChI is InChI=1S/C23H46N2O4S2/c1-20(2,3)18-13-17-25(30(18,26)27)23(9,10)15-14-22(7,8)19-12-11-16-24(21(4,5)6)31(19,28)29/h18-19H,11-17H2,1-10H3. The highest BCUT2D eigenvalue weighted by Crippen LogP contribution is 2.44. The Morgan fingerprint density at radius 3 is 1.65 bits per heavy atom. The molecule has 31 heavy (non-hydrogen) atoms. The molecule has 2 rings (SSSR count). The molecule has 2 aliphatic heterocycles. The average Bonchev–Trinajstić information content (AvgIpc) is 2.87. The van der Waals surface area contributed by atoms with Crippen LogP contribution in [-0.4, -0.2) is 60.1 Å². The molecule has 0 radical (unpaired) electrons. The lowest BCUT2D eigenvalue weighted by Crippen LogP contribution is -2.56. The molecule has 2 atom stereocenters. The monoisotopic (exact) mass is 478 g/mol. The van der Waals surface area contributed by atoms with E-state index in [-0.39, 0.29) is 10.7 Å². The zero-order chi connectivity index (χ0) is 24.3. The van der Waals surface area contributed by atoms with E-state index in [1.54, 1.807) is 8.61 Å². The number of nitrogens with zero attached hydrogens (tertiary/aromatic N) is 2. The number of rotatable bonds is 5. The number of hydrogen-bond donors (Lipinski definition) is 0. The topological polar surface area (TPSA) is 74.8 Å². The van der Waals surface area contributed by atoms with Gasteiger partial charge in [-0.05, 0) is 77.6 Å². The lowest BCUT2D eigenvalue weighted by atomic mass is 9.78. The fraction of sp³-hybridized carbons (Fsp3) is 1.00. The van der Waals surface area contributed by atoms with Crippen molar-refractivity contribution in [1.29, 1.82) is 0 Å². The van der Waals surface area contributed by atoms with Crippen LogP contribution in [0.3, 0.4) is 0 Å². The van der Waals surface area contributed by atoms with Crippen molar-refractivity contribution in [2.45, 2.75) is 123 Å². The first-order valence-corrected chi connectivity index (χ1v) is 14.7. The van der Waals surface area contributed by atoms with Crippen LogP contribution in [0.4, 0.5) is 0 Å². The van der Waals surface area contributed by atoms with Gasteiger partial charge in [-0.3, -0.25) is 0 Å². The Labute approximate surface area is 192 Å². The van der Waals surface area contributed by atoms with Crippen LogP contribution < -0.4 is 0 Å². The van der Waals surface area contributed by atoms with Crippen molar-refractivity contribution in [1.82, 2.24) is 8.61 Å². The second kappa shape index (κ2) is 8.24. The fourth-order valence-corrected chi connectivity index (χ4v) is 11.1. The van der Waals surface area contributed by atoms with E-state index < -0.39 is 41.8 Å².